The lowest BCUT2D eigenvalue weighted by molar-refractivity contribution is -0.120. The summed E-state index contributed by atoms with van der Waals surface area (Å²) in [5.41, 5.74) is 0.892. The van der Waals surface area contributed by atoms with Crippen molar-refractivity contribution < 1.29 is 23.9 Å². The zero-order chi connectivity index (χ0) is 26.9. The van der Waals surface area contributed by atoms with Gasteiger partial charge in [0.25, 0.3) is 0 Å². The van der Waals surface area contributed by atoms with Gasteiger partial charge in [-0.1, -0.05) is 66.7 Å². The average Bonchev–Trinajstić information content (AvgIpc) is 3.48. The molecule has 0 bridgehead atoms. The van der Waals surface area contributed by atoms with Crippen LogP contribution in [0.2, 0.25) is 0 Å². The highest BCUT2D eigenvalue weighted by Crippen LogP contribution is 2.38. The van der Waals surface area contributed by atoms with Gasteiger partial charge in [-0.2, -0.15) is 0 Å². The summed E-state index contributed by atoms with van der Waals surface area (Å²) in [6, 6.07) is 22.2. The molecule has 5 rings (SSSR count). The maximum atomic E-state index is 13.7. The van der Waals surface area contributed by atoms with Gasteiger partial charge in [-0.05, 0) is 44.2 Å². The summed E-state index contributed by atoms with van der Waals surface area (Å²) < 4.78 is 11.3. The van der Waals surface area contributed by atoms with E-state index in [4.69, 9.17) is 9.47 Å². The van der Waals surface area contributed by atoms with Crippen molar-refractivity contribution in [2.45, 2.75) is 51.5 Å². The van der Waals surface area contributed by atoms with E-state index in [2.05, 4.69) is 5.32 Å². The molecule has 198 valence electrons. The molecule has 2 aliphatic heterocycles. The molecule has 2 heterocycles. The summed E-state index contributed by atoms with van der Waals surface area (Å²) in [5, 5.41) is 5.00. The van der Waals surface area contributed by atoms with Gasteiger partial charge in [-0.15, -0.1) is 0 Å². The number of benzene rings is 3. The topological polar surface area (TPSA) is 88.2 Å². The lowest BCUT2D eigenvalue weighted by Gasteiger charge is -2.30. The van der Waals surface area contributed by atoms with Crippen LogP contribution in [-0.4, -0.2) is 58.7 Å². The van der Waals surface area contributed by atoms with Gasteiger partial charge in [0, 0.05) is 24.2 Å². The molecule has 0 unspecified atom stereocenters. The summed E-state index contributed by atoms with van der Waals surface area (Å²) in [7, 11) is 0. The SMILES string of the molecule is CC(C)(C)OC(=O)N1CC[C@@H]2[C@H]1[C@@H](C(=O)Nc1cccc3ccccc13)CN2C(=O)OCc1ccccc1. The van der Waals surface area contributed by atoms with Gasteiger partial charge in [0.2, 0.25) is 5.91 Å². The summed E-state index contributed by atoms with van der Waals surface area (Å²) in [6.07, 6.45) is -0.426. The minimum absolute atomic E-state index is 0.135. The van der Waals surface area contributed by atoms with E-state index in [0.717, 1.165) is 16.3 Å². The monoisotopic (exact) mass is 515 g/mol. The standard InChI is InChI=1S/C30H33N3O5/c1-30(2,3)38-29(36)32-17-16-25-26(32)23(18-33(25)28(35)37-19-20-10-5-4-6-11-20)27(34)31-24-15-9-13-21-12-7-8-14-22(21)24/h4-15,23,25-26H,16-19H2,1-3H3,(H,31,34)/t23-,25+,26+/m0/s1. The Morgan fingerprint density at radius 3 is 2.37 bits per heavy atom. The molecule has 3 atom stereocenters. The van der Waals surface area contributed by atoms with Crippen molar-refractivity contribution >= 4 is 34.6 Å². The van der Waals surface area contributed by atoms with Crippen LogP contribution in [0.1, 0.15) is 32.8 Å². The van der Waals surface area contributed by atoms with E-state index in [1.165, 1.54) is 0 Å². The average molecular weight is 516 g/mol. The van der Waals surface area contributed by atoms with E-state index < -0.39 is 29.7 Å². The molecule has 0 aromatic heterocycles. The number of amides is 3. The summed E-state index contributed by atoms with van der Waals surface area (Å²) in [4.78, 5) is 43.3. The van der Waals surface area contributed by atoms with Gasteiger partial charge in [0.05, 0.1) is 18.0 Å². The van der Waals surface area contributed by atoms with Crippen LogP contribution in [0.3, 0.4) is 0 Å². The highest BCUT2D eigenvalue weighted by Gasteiger charge is 2.55. The molecule has 3 aromatic rings. The number of fused-ring (bicyclic) bond motifs is 2. The second-order valence-corrected chi connectivity index (χ2v) is 10.8. The number of hydrogen-bond acceptors (Lipinski definition) is 5. The summed E-state index contributed by atoms with van der Waals surface area (Å²) in [6.45, 7) is 6.11. The molecule has 0 spiro atoms. The Bertz CT molecular complexity index is 1330. The van der Waals surface area contributed by atoms with Gasteiger partial charge < -0.3 is 24.6 Å². The second-order valence-electron chi connectivity index (χ2n) is 10.8. The Hall–Kier alpha value is -4.07. The Morgan fingerprint density at radius 1 is 0.895 bits per heavy atom. The third kappa shape index (κ3) is 5.30. The van der Waals surface area contributed by atoms with Crippen LogP contribution in [0, 0.1) is 5.92 Å². The predicted molar refractivity (Wildman–Crippen MR) is 145 cm³/mol. The van der Waals surface area contributed by atoms with Crippen molar-refractivity contribution in [3.05, 3.63) is 78.4 Å². The first kappa shape index (κ1) is 25.6. The zero-order valence-corrected chi connectivity index (χ0v) is 21.9. The largest absolute Gasteiger partial charge is 0.445 e. The molecule has 0 aliphatic carbocycles. The third-order valence-electron chi connectivity index (χ3n) is 7.08. The van der Waals surface area contributed by atoms with Crippen molar-refractivity contribution in [2.24, 2.45) is 5.92 Å². The Kier molecular flexibility index (Phi) is 6.97. The maximum Gasteiger partial charge on any atom is 0.410 e. The quantitative estimate of drug-likeness (QED) is 0.501. The Labute approximate surface area is 222 Å². The first-order valence-electron chi connectivity index (χ1n) is 13.0. The van der Waals surface area contributed by atoms with Crippen molar-refractivity contribution in [3.63, 3.8) is 0 Å². The van der Waals surface area contributed by atoms with Crippen molar-refractivity contribution in [2.75, 3.05) is 18.4 Å². The van der Waals surface area contributed by atoms with E-state index in [9.17, 15) is 14.4 Å². The Morgan fingerprint density at radius 2 is 1.61 bits per heavy atom. The van der Waals surface area contributed by atoms with E-state index in [-0.39, 0.29) is 25.1 Å². The molecule has 0 radical (unpaired) electrons. The first-order valence-corrected chi connectivity index (χ1v) is 13.0. The van der Waals surface area contributed by atoms with E-state index >= 15 is 0 Å². The van der Waals surface area contributed by atoms with Crippen LogP contribution in [0.25, 0.3) is 10.8 Å². The smallest absolute Gasteiger partial charge is 0.410 e. The number of carbonyl (C=O) groups excluding carboxylic acids is 3. The van der Waals surface area contributed by atoms with Crippen molar-refractivity contribution in [1.82, 2.24) is 9.80 Å². The molecule has 3 amide bonds. The van der Waals surface area contributed by atoms with Gasteiger partial charge >= 0.3 is 12.2 Å². The number of nitrogens with one attached hydrogen (secondary N) is 1. The number of anilines is 1. The lowest BCUT2D eigenvalue weighted by atomic mass is 9.98. The van der Waals surface area contributed by atoms with Crippen molar-refractivity contribution in [3.8, 4) is 0 Å². The molecule has 0 saturated carbocycles. The first-order chi connectivity index (χ1) is 18.2. The van der Waals surface area contributed by atoms with Crippen LogP contribution in [0.4, 0.5) is 15.3 Å². The van der Waals surface area contributed by atoms with Gasteiger partial charge in [-0.3, -0.25) is 4.79 Å². The molecular formula is C30H33N3O5. The minimum Gasteiger partial charge on any atom is -0.445 e. The summed E-state index contributed by atoms with van der Waals surface area (Å²) >= 11 is 0. The van der Waals surface area contributed by atoms with Gasteiger partial charge in [-0.25, -0.2) is 9.59 Å². The molecule has 3 aromatic carbocycles. The second kappa shape index (κ2) is 10.4. The number of carbonyl (C=O) groups is 3. The number of likely N-dealkylation sites (tertiary alicyclic amines) is 2. The number of hydrogen-bond donors (Lipinski definition) is 1. The predicted octanol–water partition coefficient (Wildman–Crippen LogP) is 5.42. The third-order valence-corrected chi connectivity index (χ3v) is 7.08. The molecule has 8 nitrogen and oxygen atoms in total. The molecule has 2 fully saturated rings. The van der Waals surface area contributed by atoms with Gasteiger partial charge in [0.15, 0.2) is 0 Å². The van der Waals surface area contributed by atoms with Crippen LogP contribution < -0.4 is 5.32 Å². The van der Waals surface area contributed by atoms with Gasteiger partial charge in [0.1, 0.15) is 12.2 Å². The zero-order valence-electron chi connectivity index (χ0n) is 21.9. The molecular weight excluding hydrogens is 482 g/mol. The minimum atomic E-state index is -0.678. The van der Waals surface area contributed by atoms with E-state index in [0.29, 0.717) is 18.7 Å². The lowest BCUT2D eigenvalue weighted by Crippen LogP contribution is -2.47. The molecule has 2 saturated heterocycles. The molecule has 1 N–H and O–H groups in total. The number of ether oxygens (including phenoxy) is 2. The maximum absolute atomic E-state index is 13.7. The Balaban J connectivity index is 1.39. The number of nitrogens with zero attached hydrogens (tertiary/aromatic N) is 2. The van der Waals surface area contributed by atoms with E-state index in [1.807, 2.05) is 93.6 Å². The van der Waals surface area contributed by atoms with Crippen LogP contribution in [-0.2, 0) is 20.9 Å². The highest BCUT2D eigenvalue weighted by atomic mass is 16.6. The molecule has 38 heavy (non-hydrogen) atoms. The fourth-order valence-electron chi connectivity index (χ4n) is 5.42. The number of rotatable bonds is 4. The normalized spacial score (nSPS) is 20.8. The molecule has 8 heteroatoms. The van der Waals surface area contributed by atoms with Crippen LogP contribution in [0.15, 0.2) is 72.8 Å². The van der Waals surface area contributed by atoms with Crippen LogP contribution >= 0.6 is 0 Å². The summed E-state index contributed by atoms with van der Waals surface area (Å²) in [5.74, 6) is -0.886. The fraction of sp³-hybridized carbons (Fsp3) is 0.367. The van der Waals surface area contributed by atoms with Crippen molar-refractivity contribution in [1.29, 1.82) is 0 Å². The fourth-order valence-corrected chi connectivity index (χ4v) is 5.42. The van der Waals surface area contributed by atoms with Crippen LogP contribution in [0.5, 0.6) is 0 Å². The van der Waals surface area contributed by atoms with E-state index in [1.54, 1.807) is 9.80 Å². The highest BCUT2D eigenvalue weighted by molar-refractivity contribution is 6.03. The molecule has 2 aliphatic rings.